The van der Waals surface area contributed by atoms with Crippen molar-refractivity contribution in [3.63, 3.8) is 0 Å². The van der Waals surface area contributed by atoms with E-state index in [4.69, 9.17) is 12.2 Å². The highest BCUT2D eigenvalue weighted by Gasteiger charge is 2.23. The van der Waals surface area contributed by atoms with Crippen LogP contribution in [-0.4, -0.2) is 5.11 Å². The number of thiocarbonyl (C=S) groups is 1. The van der Waals surface area contributed by atoms with Crippen molar-refractivity contribution >= 4 is 17.3 Å². The lowest BCUT2D eigenvalue weighted by Gasteiger charge is -2.07. The fourth-order valence-corrected chi connectivity index (χ4v) is 2.71. The Labute approximate surface area is 101 Å². The number of hydrogen-bond acceptors (Lipinski definition) is 1. The van der Waals surface area contributed by atoms with Crippen LogP contribution in [-0.2, 0) is 12.8 Å². The summed E-state index contributed by atoms with van der Waals surface area (Å²) in [5.41, 5.74) is 4.10. The maximum Gasteiger partial charge on any atom is 0.197 e. The summed E-state index contributed by atoms with van der Waals surface area (Å²) in [5, 5.41) is 7.87. The summed E-state index contributed by atoms with van der Waals surface area (Å²) in [5.74, 6) is 0.690. The van der Waals surface area contributed by atoms with Gasteiger partial charge in [-0.1, -0.05) is 24.3 Å². The summed E-state index contributed by atoms with van der Waals surface area (Å²) in [6.07, 6.45) is 5.32. The van der Waals surface area contributed by atoms with E-state index in [1.165, 1.54) is 24.0 Å². The lowest BCUT2D eigenvalue weighted by molar-refractivity contribution is 0.548. The fraction of sp³-hybridized carbons (Fsp3) is 0.308. The molecule has 3 rings (SSSR count). The Hall–Kier alpha value is -1.35. The van der Waals surface area contributed by atoms with Crippen molar-refractivity contribution < 1.29 is 0 Å². The maximum absolute atomic E-state index is 4.98. The van der Waals surface area contributed by atoms with Gasteiger partial charge >= 0.3 is 0 Å². The van der Waals surface area contributed by atoms with Gasteiger partial charge in [0.25, 0.3) is 0 Å². The third kappa shape index (κ3) is 1.83. The molecule has 0 saturated heterocycles. The minimum absolute atomic E-state index is 0.602. The third-order valence-corrected chi connectivity index (χ3v) is 3.45. The monoisotopic (exact) mass is 229 g/mol. The van der Waals surface area contributed by atoms with Crippen molar-refractivity contribution in [1.82, 2.24) is 10.6 Å². The minimum Gasteiger partial charge on any atom is -0.336 e. The van der Waals surface area contributed by atoms with E-state index in [2.05, 4.69) is 34.9 Å². The first-order valence-electron chi connectivity index (χ1n) is 5.59. The van der Waals surface area contributed by atoms with Crippen LogP contribution in [0.1, 0.15) is 17.5 Å². The quantitative estimate of drug-likeness (QED) is 0.786. The molecule has 2 nitrogen and oxygen atoms in total. The van der Waals surface area contributed by atoms with Crippen molar-refractivity contribution in [2.24, 2.45) is 5.92 Å². The standard InChI is InChI=1S/C13H13N2S/c16-13-14-8-12(15-13)7-9-5-10-3-1-2-4-11(10)6-9/h1-4,8-9H,5-7H2,(H,14,16). The second kappa shape index (κ2) is 3.91. The number of benzene rings is 1. The molecule has 0 saturated carbocycles. The van der Waals surface area contributed by atoms with Gasteiger partial charge in [0.15, 0.2) is 5.11 Å². The lowest BCUT2D eigenvalue weighted by atomic mass is 10.0. The van der Waals surface area contributed by atoms with Gasteiger partial charge in [-0.05, 0) is 48.5 Å². The van der Waals surface area contributed by atoms with Gasteiger partial charge in [-0.25, -0.2) is 5.32 Å². The number of allylic oxidation sites excluding steroid dienone is 1. The molecular weight excluding hydrogens is 216 g/mol. The van der Waals surface area contributed by atoms with Crippen LogP contribution >= 0.6 is 12.2 Å². The molecule has 0 fully saturated rings. The minimum atomic E-state index is 0.602. The van der Waals surface area contributed by atoms with Crippen LogP contribution < -0.4 is 10.6 Å². The van der Waals surface area contributed by atoms with E-state index in [-0.39, 0.29) is 0 Å². The second-order valence-electron chi connectivity index (χ2n) is 4.44. The Bertz CT molecular complexity index is 440. The number of fused-ring (bicyclic) bond motifs is 1. The van der Waals surface area contributed by atoms with Crippen LogP contribution in [0.15, 0.2) is 36.2 Å². The predicted octanol–water partition coefficient (Wildman–Crippen LogP) is 2.13. The van der Waals surface area contributed by atoms with Crippen molar-refractivity contribution in [1.29, 1.82) is 0 Å². The number of hydrogen-bond donors (Lipinski definition) is 1. The summed E-state index contributed by atoms with van der Waals surface area (Å²) in [6.45, 7) is 0. The van der Waals surface area contributed by atoms with Crippen molar-refractivity contribution in [3.8, 4) is 0 Å². The summed E-state index contributed by atoms with van der Waals surface area (Å²) in [4.78, 5) is 0. The molecule has 0 amide bonds. The van der Waals surface area contributed by atoms with Gasteiger partial charge in [0.05, 0.1) is 5.70 Å². The lowest BCUT2D eigenvalue weighted by Crippen LogP contribution is -2.16. The van der Waals surface area contributed by atoms with E-state index < -0.39 is 0 Å². The molecule has 2 aliphatic rings. The zero-order valence-corrected chi connectivity index (χ0v) is 9.76. The van der Waals surface area contributed by atoms with Gasteiger partial charge in [0.2, 0.25) is 0 Å². The van der Waals surface area contributed by atoms with E-state index >= 15 is 0 Å². The van der Waals surface area contributed by atoms with Crippen LogP contribution in [0.2, 0.25) is 0 Å². The molecule has 3 heteroatoms. The Kier molecular flexibility index (Phi) is 2.40. The molecule has 0 unspecified atom stereocenters. The third-order valence-electron chi connectivity index (χ3n) is 3.24. The van der Waals surface area contributed by atoms with Gasteiger partial charge in [-0.2, -0.15) is 0 Å². The highest BCUT2D eigenvalue weighted by molar-refractivity contribution is 7.80. The largest absolute Gasteiger partial charge is 0.336 e. The van der Waals surface area contributed by atoms with Gasteiger partial charge in [0, 0.05) is 6.20 Å². The average molecular weight is 229 g/mol. The maximum atomic E-state index is 4.98. The van der Waals surface area contributed by atoms with Crippen LogP contribution in [0.25, 0.3) is 0 Å². The Morgan fingerprint density at radius 2 is 1.94 bits per heavy atom. The highest BCUT2D eigenvalue weighted by Crippen LogP contribution is 2.30. The van der Waals surface area contributed by atoms with E-state index in [1.54, 1.807) is 0 Å². The first-order valence-corrected chi connectivity index (χ1v) is 6.00. The Morgan fingerprint density at radius 3 is 2.50 bits per heavy atom. The molecule has 1 heterocycles. The van der Waals surface area contributed by atoms with E-state index in [0.717, 1.165) is 12.1 Å². The summed E-state index contributed by atoms with van der Waals surface area (Å²) in [6, 6.07) is 8.71. The number of rotatable bonds is 2. The Balaban J connectivity index is 1.66. The molecule has 1 aliphatic heterocycles. The molecule has 0 spiro atoms. The van der Waals surface area contributed by atoms with Crippen molar-refractivity contribution in [2.75, 3.05) is 0 Å². The zero-order valence-electron chi connectivity index (χ0n) is 8.94. The van der Waals surface area contributed by atoms with Crippen molar-refractivity contribution in [3.05, 3.63) is 47.3 Å². The summed E-state index contributed by atoms with van der Waals surface area (Å²) in [7, 11) is 0. The molecule has 0 bridgehead atoms. The SMILES string of the molecule is S=C1[N]C(CC2Cc3ccccc3C2)=CN1. The molecule has 81 valence electrons. The van der Waals surface area contributed by atoms with E-state index in [0.29, 0.717) is 11.0 Å². The molecule has 1 aromatic carbocycles. The van der Waals surface area contributed by atoms with Gasteiger partial charge in [-0.3, -0.25) is 0 Å². The van der Waals surface area contributed by atoms with Crippen LogP contribution in [0.5, 0.6) is 0 Å². The van der Waals surface area contributed by atoms with E-state index in [1.807, 2.05) is 6.20 Å². The molecule has 1 aliphatic carbocycles. The fourth-order valence-electron chi connectivity index (χ4n) is 2.53. The molecule has 0 atom stereocenters. The number of nitrogens with one attached hydrogen (secondary N) is 1. The Morgan fingerprint density at radius 1 is 1.25 bits per heavy atom. The zero-order chi connectivity index (χ0) is 11.0. The summed E-state index contributed by atoms with van der Waals surface area (Å²) >= 11 is 4.98. The molecule has 1 N–H and O–H groups in total. The average Bonchev–Trinajstić information content (AvgIpc) is 2.84. The first-order chi connectivity index (χ1) is 7.81. The van der Waals surface area contributed by atoms with Crippen LogP contribution in [0.4, 0.5) is 0 Å². The normalized spacial score (nSPS) is 19.0. The molecule has 16 heavy (non-hydrogen) atoms. The predicted molar refractivity (Wildman–Crippen MR) is 67.9 cm³/mol. The smallest absolute Gasteiger partial charge is 0.197 e. The topological polar surface area (TPSA) is 26.1 Å². The molecule has 1 aromatic rings. The molecule has 1 radical (unpaired) electrons. The number of nitrogens with zero attached hydrogens (tertiary/aromatic N) is 1. The van der Waals surface area contributed by atoms with Crippen LogP contribution in [0, 0.1) is 5.92 Å². The van der Waals surface area contributed by atoms with Gasteiger partial charge < -0.3 is 5.32 Å². The summed E-state index contributed by atoms with van der Waals surface area (Å²) < 4.78 is 0. The van der Waals surface area contributed by atoms with Gasteiger partial charge in [-0.15, -0.1) is 0 Å². The molecule has 0 aromatic heterocycles. The molecular formula is C13H13N2S. The first kappa shape index (κ1) is 9.85. The van der Waals surface area contributed by atoms with Crippen molar-refractivity contribution in [2.45, 2.75) is 19.3 Å². The van der Waals surface area contributed by atoms with Gasteiger partial charge in [0.1, 0.15) is 0 Å². The van der Waals surface area contributed by atoms with Crippen LogP contribution in [0.3, 0.4) is 0 Å². The second-order valence-corrected chi connectivity index (χ2v) is 4.83. The van der Waals surface area contributed by atoms with E-state index in [9.17, 15) is 0 Å². The highest BCUT2D eigenvalue weighted by atomic mass is 32.1.